The van der Waals surface area contributed by atoms with E-state index in [1.807, 2.05) is 30.3 Å². The largest absolute Gasteiger partial charge is 0.443 e. The number of fused-ring (bicyclic) bond motifs is 1. The Hall–Kier alpha value is -3.14. The van der Waals surface area contributed by atoms with E-state index in [9.17, 15) is 28.4 Å². The first-order chi connectivity index (χ1) is 20.7. The Morgan fingerprint density at radius 2 is 1.79 bits per heavy atom. The summed E-state index contributed by atoms with van der Waals surface area (Å²) < 4.78 is 45.0. The van der Waals surface area contributed by atoms with Crippen LogP contribution in [0.25, 0.3) is 0 Å². The van der Waals surface area contributed by atoms with Gasteiger partial charge in [-0.2, -0.15) is 0 Å². The van der Waals surface area contributed by atoms with Crippen molar-refractivity contribution >= 4 is 21.8 Å². The van der Waals surface area contributed by atoms with Crippen molar-refractivity contribution < 1.29 is 42.3 Å². The fourth-order valence-electron chi connectivity index (χ4n) is 5.69. The van der Waals surface area contributed by atoms with Gasteiger partial charge in [-0.25, -0.2) is 13.2 Å². The molecule has 5 atom stereocenters. The molecule has 1 aliphatic carbocycles. The predicted molar refractivity (Wildman–Crippen MR) is 152 cm³/mol. The highest BCUT2D eigenvalue weighted by Gasteiger charge is 2.44. The van der Waals surface area contributed by atoms with Gasteiger partial charge in [-0.3, -0.25) is 15.0 Å². The van der Waals surface area contributed by atoms with Gasteiger partial charge in [0.25, 0.3) is 15.7 Å². The van der Waals surface area contributed by atoms with Gasteiger partial charge in [-0.15, -0.1) is 0 Å². The second kappa shape index (κ2) is 14.1. The minimum Gasteiger partial charge on any atom is -0.443 e. The Morgan fingerprint density at radius 3 is 2.49 bits per heavy atom. The first-order valence-corrected chi connectivity index (χ1v) is 16.0. The van der Waals surface area contributed by atoms with Gasteiger partial charge in [0.1, 0.15) is 6.10 Å². The normalized spacial score (nSPS) is 23.9. The van der Waals surface area contributed by atoms with Gasteiger partial charge in [0.05, 0.1) is 53.7 Å². The summed E-state index contributed by atoms with van der Waals surface area (Å²) >= 11 is 0. The molecular formula is C29H37N3O10S. The van der Waals surface area contributed by atoms with Gasteiger partial charge < -0.3 is 24.6 Å². The quantitative estimate of drug-likeness (QED) is 0.266. The predicted octanol–water partition coefficient (Wildman–Crippen LogP) is 3.31. The van der Waals surface area contributed by atoms with Crippen LogP contribution in [0.3, 0.4) is 0 Å². The van der Waals surface area contributed by atoms with Crippen LogP contribution in [0.15, 0.2) is 59.5 Å². The third kappa shape index (κ3) is 7.88. The summed E-state index contributed by atoms with van der Waals surface area (Å²) in [5, 5.41) is 25.3. The molecule has 13 nitrogen and oxygen atoms in total. The lowest BCUT2D eigenvalue weighted by Gasteiger charge is -2.32. The number of nitrogens with zero attached hydrogens (tertiary/aromatic N) is 2. The van der Waals surface area contributed by atoms with Gasteiger partial charge >= 0.3 is 6.09 Å². The van der Waals surface area contributed by atoms with Crippen LogP contribution in [0.2, 0.25) is 0 Å². The van der Waals surface area contributed by atoms with E-state index in [4.69, 9.17) is 19.0 Å². The van der Waals surface area contributed by atoms with Crippen LogP contribution < -0.4 is 5.32 Å². The summed E-state index contributed by atoms with van der Waals surface area (Å²) in [4.78, 5) is 29.3. The maximum atomic E-state index is 13.7. The minimum absolute atomic E-state index is 0.0746. The Morgan fingerprint density at radius 1 is 1.07 bits per heavy atom. The molecule has 14 heteroatoms. The maximum Gasteiger partial charge on any atom is 0.407 e. The van der Waals surface area contributed by atoms with Crippen LogP contribution in [-0.4, -0.2) is 79.4 Å². The SMILES string of the molecule is O=C(N[C@@H](Cc1ccccc1)[C@H](O)CN(OC1CCCCC1)S(=O)(=O)c1ccc([N+](=O)[O-])cc1)O[C@H]1CO[C@H]2OCC[C@H]21. The van der Waals surface area contributed by atoms with Gasteiger partial charge in [0.15, 0.2) is 6.29 Å². The number of hydrogen-bond donors (Lipinski definition) is 2. The van der Waals surface area contributed by atoms with Gasteiger partial charge in [0, 0.05) is 12.1 Å². The van der Waals surface area contributed by atoms with E-state index in [1.54, 1.807) is 0 Å². The summed E-state index contributed by atoms with van der Waals surface area (Å²) in [6.45, 7) is 0.218. The number of hydroxylamine groups is 1. The Labute approximate surface area is 250 Å². The van der Waals surface area contributed by atoms with Crippen molar-refractivity contribution in [1.29, 1.82) is 0 Å². The number of carbonyl (C=O) groups excluding carboxylic acids is 1. The Balaban J connectivity index is 1.35. The number of benzene rings is 2. The van der Waals surface area contributed by atoms with Crippen molar-refractivity contribution in [2.24, 2.45) is 5.92 Å². The van der Waals surface area contributed by atoms with Crippen LogP contribution in [0, 0.1) is 16.0 Å². The molecule has 0 bridgehead atoms. The summed E-state index contributed by atoms with van der Waals surface area (Å²) in [6, 6.07) is 12.7. The van der Waals surface area contributed by atoms with E-state index in [1.165, 1.54) is 0 Å². The number of aliphatic hydroxyl groups excluding tert-OH is 1. The first kappa shape index (κ1) is 31.3. The van der Waals surface area contributed by atoms with Gasteiger partial charge in [0.2, 0.25) is 0 Å². The topological polar surface area (TPSA) is 167 Å². The van der Waals surface area contributed by atoms with Crippen LogP contribution in [0.5, 0.6) is 0 Å². The van der Waals surface area contributed by atoms with E-state index in [2.05, 4.69) is 5.32 Å². The fourth-order valence-corrected chi connectivity index (χ4v) is 6.99. The van der Waals surface area contributed by atoms with Crippen LogP contribution in [0.1, 0.15) is 44.1 Å². The van der Waals surface area contributed by atoms with Gasteiger partial charge in [-0.05, 0) is 43.4 Å². The first-order valence-electron chi connectivity index (χ1n) is 14.6. The number of nitro benzene ring substituents is 1. The molecule has 0 radical (unpaired) electrons. The number of aliphatic hydroxyl groups is 1. The summed E-state index contributed by atoms with van der Waals surface area (Å²) in [5.41, 5.74) is 0.547. The highest BCUT2D eigenvalue weighted by molar-refractivity contribution is 7.89. The molecular weight excluding hydrogens is 582 g/mol. The lowest BCUT2D eigenvalue weighted by molar-refractivity contribution is -0.384. The zero-order valence-corrected chi connectivity index (χ0v) is 24.5. The lowest BCUT2D eigenvalue weighted by atomic mass is 9.98. The van der Waals surface area contributed by atoms with E-state index >= 15 is 0 Å². The molecule has 1 saturated carbocycles. The summed E-state index contributed by atoms with van der Waals surface area (Å²) in [6.07, 6.45) is 1.48. The molecule has 0 aromatic heterocycles. The molecule has 2 saturated heterocycles. The second-order valence-corrected chi connectivity index (χ2v) is 12.9. The van der Waals surface area contributed by atoms with Crippen molar-refractivity contribution in [3.05, 3.63) is 70.3 Å². The molecule has 2 heterocycles. The number of sulfonamides is 1. The van der Waals surface area contributed by atoms with E-state index in [0.717, 1.165) is 53.6 Å². The molecule has 2 aliphatic heterocycles. The molecule has 3 aliphatic rings. The molecule has 0 unspecified atom stereocenters. The van der Waals surface area contributed by atoms with Crippen LogP contribution in [-0.2, 0) is 35.5 Å². The van der Waals surface area contributed by atoms with Gasteiger partial charge in [-0.1, -0.05) is 54.1 Å². The molecule has 2 aromatic carbocycles. The second-order valence-electron chi connectivity index (χ2n) is 11.1. The zero-order valence-electron chi connectivity index (χ0n) is 23.7. The molecule has 5 rings (SSSR count). The molecule has 43 heavy (non-hydrogen) atoms. The average molecular weight is 620 g/mol. The summed E-state index contributed by atoms with van der Waals surface area (Å²) in [7, 11) is -4.35. The number of amides is 1. The minimum atomic E-state index is -4.35. The number of rotatable bonds is 12. The monoisotopic (exact) mass is 619 g/mol. The third-order valence-corrected chi connectivity index (χ3v) is 9.72. The van der Waals surface area contributed by atoms with Crippen molar-refractivity contribution in [2.45, 2.75) is 80.5 Å². The Kier molecular flexibility index (Phi) is 10.3. The van der Waals surface area contributed by atoms with Crippen molar-refractivity contribution in [3.63, 3.8) is 0 Å². The molecule has 2 aromatic rings. The third-order valence-electron chi connectivity index (χ3n) is 8.08. The molecule has 3 fully saturated rings. The average Bonchev–Trinajstić information content (AvgIpc) is 3.63. The summed E-state index contributed by atoms with van der Waals surface area (Å²) in [5.74, 6) is -0.0746. The maximum absolute atomic E-state index is 13.7. The zero-order chi connectivity index (χ0) is 30.4. The van der Waals surface area contributed by atoms with Crippen molar-refractivity contribution in [3.8, 4) is 0 Å². The van der Waals surface area contributed by atoms with Crippen LogP contribution >= 0.6 is 0 Å². The molecule has 0 spiro atoms. The molecule has 2 N–H and O–H groups in total. The van der Waals surface area contributed by atoms with E-state index in [0.29, 0.717) is 25.9 Å². The number of nitro groups is 1. The number of ether oxygens (including phenoxy) is 3. The lowest BCUT2D eigenvalue weighted by Crippen LogP contribution is -2.51. The number of non-ortho nitro benzene ring substituents is 1. The van der Waals surface area contributed by atoms with Crippen LogP contribution in [0.4, 0.5) is 10.5 Å². The highest BCUT2D eigenvalue weighted by atomic mass is 32.2. The van der Waals surface area contributed by atoms with Crippen molar-refractivity contribution in [1.82, 2.24) is 9.79 Å². The van der Waals surface area contributed by atoms with E-state index < -0.39 is 52.1 Å². The number of hydrogen-bond acceptors (Lipinski definition) is 10. The number of alkyl carbamates (subject to hydrolysis) is 1. The smallest absolute Gasteiger partial charge is 0.407 e. The highest BCUT2D eigenvalue weighted by Crippen LogP contribution is 2.33. The molecule has 234 valence electrons. The van der Waals surface area contributed by atoms with E-state index in [-0.39, 0.29) is 35.6 Å². The fraction of sp³-hybridized carbons (Fsp3) is 0.552. The number of carbonyl (C=O) groups is 1. The Bertz CT molecular complexity index is 1340. The van der Waals surface area contributed by atoms with Crippen molar-refractivity contribution in [2.75, 3.05) is 19.8 Å². The number of nitrogens with one attached hydrogen (secondary N) is 1. The standard InChI is InChI=1S/C29H37N3O10S/c33-26(18-31(42-22-9-5-2-6-10-22)43(37,38)23-13-11-21(12-14-23)32(35)36)25(17-20-7-3-1-4-8-20)30-29(34)41-27-19-40-28-24(27)15-16-39-28/h1,3-4,7-8,11-14,22,24-28,33H,2,5-6,9-10,15-19H2,(H,30,34)/t24-,25-,26+,27-,28+/m0/s1. The molecule has 1 amide bonds.